The fraction of sp³-hybridized carbons (Fsp3) is 0.381. The molecule has 0 bridgehead atoms. The number of aryl methyl sites for hydroxylation is 3. The molecule has 0 saturated carbocycles. The van der Waals surface area contributed by atoms with Crippen LogP contribution in [0.15, 0.2) is 36.9 Å². The van der Waals surface area contributed by atoms with Crippen molar-refractivity contribution in [3.8, 4) is 11.6 Å². The molecule has 3 aromatic rings. The van der Waals surface area contributed by atoms with Gasteiger partial charge in [0.1, 0.15) is 5.69 Å². The molecule has 4 rings (SSSR count). The maximum absolute atomic E-state index is 12.8. The Morgan fingerprint density at radius 3 is 2.52 bits per heavy atom. The topological polar surface area (TPSA) is 86.0 Å². The van der Waals surface area contributed by atoms with Crippen molar-refractivity contribution in [2.45, 2.75) is 32.6 Å². The average molecular weight is 392 g/mol. The van der Waals surface area contributed by atoms with Crippen molar-refractivity contribution in [3.05, 3.63) is 59.6 Å². The fourth-order valence-electron chi connectivity index (χ4n) is 3.71. The average Bonchev–Trinajstić information content (AvgIpc) is 3.08. The third-order valence-corrected chi connectivity index (χ3v) is 5.27. The van der Waals surface area contributed by atoms with Gasteiger partial charge in [-0.25, -0.2) is 4.98 Å². The number of nitrogens with zero attached hydrogens (tertiary/aromatic N) is 6. The van der Waals surface area contributed by atoms with Crippen LogP contribution in [0.1, 0.15) is 46.2 Å². The van der Waals surface area contributed by atoms with Crippen LogP contribution >= 0.6 is 0 Å². The van der Waals surface area contributed by atoms with Gasteiger partial charge < -0.3 is 9.64 Å². The first-order chi connectivity index (χ1) is 14.0. The highest BCUT2D eigenvalue weighted by atomic mass is 16.5. The Balaban J connectivity index is 1.47. The highest BCUT2D eigenvalue weighted by Crippen LogP contribution is 2.34. The van der Waals surface area contributed by atoms with Crippen molar-refractivity contribution >= 4 is 5.91 Å². The van der Waals surface area contributed by atoms with Gasteiger partial charge in [0.15, 0.2) is 5.75 Å². The molecule has 4 heterocycles. The van der Waals surface area contributed by atoms with E-state index >= 15 is 0 Å². The lowest BCUT2D eigenvalue weighted by Crippen LogP contribution is -2.38. The quantitative estimate of drug-likeness (QED) is 0.678. The Morgan fingerprint density at radius 1 is 1.07 bits per heavy atom. The van der Waals surface area contributed by atoms with Crippen LogP contribution in [-0.4, -0.2) is 48.6 Å². The van der Waals surface area contributed by atoms with Gasteiger partial charge in [0.05, 0.1) is 17.0 Å². The molecule has 150 valence electrons. The molecule has 0 unspecified atom stereocenters. The van der Waals surface area contributed by atoms with Gasteiger partial charge in [-0.3, -0.25) is 19.4 Å². The molecule has 1 aliphatic heterocycles. The summed E-state index contributed by atoms with van der Waals surface area (Å²) >= 11 is 0. The minimum Gasteiger partial charge on any atom is -0.435 e. The van der Waals surface area contributed by atoms with Gasteiger partial charge in [0, 0.05) is 50.8 Å². The van der Waals surface area contributed by atoms with Crippen molar-refractivity contribution in [3.63, 3.8) is 0 Å². The van der Waals surface area contributed by atoms with E-state index in [9.17, 15) is 4.79 Å². The Hall–Kier alpha value is -3.29. The summed E-state index contributed by atoms with van der Waals surface area (Å²) in [5.41, 5.74) is 3.06. The predicted molar refractivity (Wildman–Crippen MR) is 107 cm³/mol. The summed E-state index contributed by atoms with van der Waals surface area (Å²) in [4.78, 5) is 27.9. The number of likely N-dealkylation sites (tertiary alicyclic amines) is 1. The van der Waals surface area contributed by atoms with Gasteiger partial charge >= 0.3 is 0 Å². The first-order valence-corrected chi connectivity index (χ1v) is 9.73. The molecular weight excluding hydrogens is 368 g/mol. The summed E-state index contributed by atoms with van der Waals surface area (Å²) in [5, 5.41) is 4.28. The molecule has 8 heteroatoms. The van der Waals surface area contributed by atoms with Gasteiger partial charge in [-0.05, 0) is 38.8 Å². The van der Waals surface area contributed by atoms with Crippen LogP contribution in [0.4, 0.5) is 0 Å². The first kappa shape index (κ1) is 19.0. The second-order valence-electron chi connectivity index (χ2n) is 7.30. The minimum absolute atomic E-state index is 0.0376. The molecule has 1 fully saturated rings. The Bertz CT molecular complexity index is 1020. The summed E-state index contributed by atoms with van der Waals surface area (Å²) in [6.07, 6.45) is 8.46. The maximum Gasteiger partial charge on any atom is 0.257 e. The number of rotatable bonds is 4. The van der Waals surface area contributed by atoms with E-state index in [1.165, 1.54) is 0 Å². The Kier molecular flexibility index (Phi) is 5.24. The van der Waals surface area contributed by atoms with Crippen molar-refractivity contribution in [2.24, 2.45) is 7.05 Å². The van der Waals surface area contributed by atoms with Gasteiger partial charge in [-0.15, -0.1) is 0 Å². The number of piperidine rings is 1. The molecule has 0 aromatic carbocycles. The van der Waals surface area contributed by atoms with E-state index in [2.05, 4.69) is 20.1 Å². The number of aromatic nitrogens is 5. The van der Waals surface area contributed by atoms with E-state index < -0.39 is 0 Å². The number of hydrogen-bond donors (Lipinski definition) is 0. The van der Waals surface area contributed by atoms with Crippen LogP contribution < -0.4 is 4.74 Å². The van der Waals surface area contributed by atoms with Crippen molar-refractivity contribution in [1.29, 1.82) is 0 Å². The Morgan fingerprint density at radius 2 is 1.83 bits per heavy atom. The molecule has 0 atom stereocenters. The predicted octanol–water partition coefficient (Wildman–Crippen LogP) is 3.03. The molecule has 0 radical (unpaired) electrons. The van der Waals surface area contributed by atoms with Crippen molar-refractivity contribution in [2.75, 3.05) is 13.1 Å². The van der Waals surface area contributed by atoms with Gasteiger partial charge in [0.25, 0.3) is 5.91 Å². The monoisotopic (exact) mass is 392 g/mol. The zero-order valence-electron chi connectivity index (χ0n) is 16.9. The van der Waals surface area contributed by atoms with E-state index in [4.69, 9.17) is 4.74 Å². The molecule has 8 nitrogen and oxygen atoms in total. The number of pyridine rings is 1. The Labute approximate surface area is 169 Å². The van der Waals surface area contributed by atoms with Gasteiger partial charge in [-0.1, -0.05) is 0 Å². The molecule has 0 aliphatic carbocycles. The van der Waals surface area contributed by atoms with E-state index in [1.807, 2.05) is 37.9 Å². The van der Waals surface area contributed by atoms with E-state index in [0.29, 0.717) is 30.3 Å². The number of amides is 1. The highest BCUT2D eigenvalue weighted by molar-refractivity contribution is 5.95. The number of carbonyl (C=O) groups is 1. The van der Waals surface area contributed by atoms with Crippen LogP contribution in [0.25, 0.3) is 0 Å². The van der Waals surface area contributed by atoms with Crippen LogP contribution in [0.2, 0.25) is 0 Å². The third kappa shape index (κ3) is 3.96. The summed E-state index contributed by atoms with van der Waals surface area (Å²) < 4.78 is 7.71. The first-order valence-electron chi connectivity index (χ1n) is 9.73. The summed E-state index contributed by atoms with van der Waals surface area (Å²) in [6.45, 7) is 5.10. The van der Waals surface area contributed by atoms with Crippen LogP contribution in [-0.2, 0) is 7.05 Å². The normalized spacial score (nSPS) is 14.8. The van der Waals surface area contributed by atoms with Crippen molar-refractivity contribution < 1.29 is 9.53 Å². The molecule has 0 N–H and O–H groups in total. The van der Waals surface area contributed by atoms with E-state index in [0.717, 1.165) is 29.9 Å². The third-order valence-electron chi connectivity index (χ3n) is 5.27. The van der Waals surface area contributed by atoms with Crippen LogP contribution in [0.3, 0.4) is 0 Å². The molecule has 1 amide bonds. The maximum atomic E-state index is 12.8. The number of carbonyl (C=O) groups excluding carboxylic acids is 1. The lowest BCUT2D eigenvalue weighted by Gasteiger charge is -2.32. The number of ether oxygens (including phenoxy) is 1. The highest BCUT2D eigenvalue weighted by Gasteiger charge is 2.29. The van der Waals surface area contributed by atoms with E-state index in [1.54, 1.807) is 29.5 Å². The zero-order valence-corrected chi connectivity index (χ0v) is 16.9. The number of hydrogen-bond acceptors (Lipinski definition) is 6. The lowest BCUT2D eigenvalue weighted by atomic mass is 9.93. The standard InChI is InChI=1S/C21H24N6O2/c1-14-17(13-26(3)25-14)21(28)27-11-6-16(7-12-27)19-20(24-10-9-23-19)29-18-5-4-8-22-15(18)2/h4-5,8-10,13,16H,6-7,11-12H2,1-3H3. The molecule has 3 aromatic heterocycles. The zero-order chi connectivity index (χ0) is 20.4. The summed E-state index contributed by atoms with van der Waals surface area (Å²) in [6, 6.07) is 3.71. The van der Waals surface area contributed by atoms with Gasteiger partial charge in [-0.2, -0.15) is 5.10 Å². The fourth-order valence-corrected chi connectivity index (χ4v) is 3.71. The summed E-state index contributed by atoms with van der Waals surface area (Å²) in [5.74, 6) is 1.41. The molecule has 1 saturated heterocycles. The van der Waals surface area contributed by atoms with Crippen molar-refractivity contribution in [1.82, 2.24) is 29.6 Å². The molecular formula is C21H24N6O2. The largest absolute Gasteiger partial charge is 0.435 e. The van der Waals surface area contributed by atoms with Crippen LogP contribution in [0, 0.1) is 13.8 Å². The smallest absolute Gasteiger partial charge is 0.257 e. The molecule has 0 spiro atoms. The second-order valence-corrected chi connectivity index (χ2v) is 7.30. The molecule has 1 aliphatic rings. The van der Waals surface area contributed by atoms with E-state index in [-0.39, 0.29) is 11.8 Å². The lowest BCUT2D eigenvalue weighted by molar-refractivity contribution is 0.0711. The van der Waals surface area contributed by atoms with Crippen LogP contribution in [0.5, 0.6) is 11.6 Å². The second kappa shape index (κ2) is 7.98. The molecule has 29 heavy (non-hydrogen) atoms. The van der Waals surface area contributed by atoms with Gasteiger partial charge in [0.2, 0.25) is 5.88 Å². The summed E-state index contributed by atoms with van der Waals surface area (Å²) in [7, 11) is 1.83. The SMILES string of the molecule is Cc1ncccc1Oc1nccnc1C1CCN(C(=O)c2cn(C)nc2C)CC1. The minimum atomic E-state index is 0.0376.